The van der Waals surface area contributed by atoms with E-state index >= 15 is 0 Å². The van der Waals surface area contributed by atoms with E-state index in [0.29, 0.717) is 36.4 Å². The molecule has 0 radical (unpaired) electrons. The number of aliphatic imine (C=N–C) groups is 1. The predicted octanol–water partition coefficient (Wildman–Crippen LogP) is 0.257. The minimum atomic E-state index is -3.36. The van der Waals surface area contributed by atoms with Crippen molar-refractivity contribution >= 4 is 45.0 Å². The summed E-state index contributed by atoms with van der Waals surface area (Å²) in [5.74, 6) is -0.830. The Hall–Kier alpha value is -2.89. The maximum atomic E-state index is 12.8. The average Bonchev–Trinajstić information content (AvgIpc) is 3.23. The minimum absolute atomic E-state index is 0.0404. The molecule has 1 aliphatic rings. The summed E-state index contributed by atoms with van der Waals surface area (Å²) in [6.45, 7) is 0.429. The fourth-order valence-electron chi connectivity index (χ4n) is 3.11. The summed E-state index contributed by atoms with van der Waals surface area (Å²) in [5, 5.41) is 6.02. The molecule has 12 heteroatoms. The molecule has 10 nitrogen and oxygen atoms in total. The van der Waals surface area contributed by atoms with Gasteiger partial charge in [-0.05, 0) is 36.1 Å². The van der Waals surface area contributed by atoms with Crippen LogP contribution in [-0.4, -0.2) is 58.1 Å². The molecule has 1 aromatic carbocycles. The van der Waals surface area contributed by atoms with Crippen molar-refractivity contribution in [2.45, 2.75) is 25.3 Å². The first kappa shape index (κ1) is 26.4. The van der Waals surface area contributed by atoms with Crippen LogP contribution in [0.15, 0.2) is 47.0 Å². The lowest BCUT2D eigenvalue weighted by atomic mass is 10.0. The second kappa shape index (κ2) is 12.4. The van der Waals surface area contributed by atoms with Crippen LogP contribution in [0.2, 0.25) is 5.02 Å². The third kappa shape index (κ3) is 9.64. The van der Waals surface area contributed by atoms with Gasteiger partial charge < -0.3 is 22.1 Å². The molecule has 0 bridgehead atoms. The van der Waals surface area contributed by atoms with Gasteiger partial charge in [-0.15, -0.1) is 0 Å². The molecule has 0 heterocycles. The number of halogens is 1. The number of guanidine groups is 1. The van der Waals surface area contributed by atoms with Crippen molar-refractivity contribution in [3.63, 3.8) is 0 Å². The van der Waals surface area contributed by atoms with Crippen molar-refractivity contribution in [1.82, 2.24) is 15.4 Å². The van der Waals surface area contributed by atoms with E-state index in [0.717, 1.165) is 17.4 Å². The highest BCUT2D eigenvalue weighted by atomic mass is 35.5. The van der Waals surface area contributed by atoms with Crippen LogP contribution in [0.3, 0.4) is 0 Å². The zero-order chi connectivity index (χ0) is 24.4. The highest BCUT2D eigenvalue weighted by Crippen LogP contribution is 2.29. The lowest BCUT2D eigenvalue weighted by Crippen LogP contribution is -2.48. The van der Waals surface area contributed by atoms with E-state index in [1.807, 2.05) is 18.2 Å². The molecule has 1 unspecified atom stereocenters. The van der Waals surface area contributed by atoms with E-state index in [1.54, 1.807) is 18.2 Å². The van der Waals surface area contributed by atoms with Crippen molar-refractivity contribution in [2.24, 2.45) is 16.5 Å². The third-order valence-electron chi connectivity index (χ3n) is 4.73. The number of carbonyl (C=O) groups excluding carboxylic acids is 2. The van der Waals surface area contributed by atoms with Crippen LogP contribution in [0.1, 0.15) is 24.8 Å². The fraction of sp³-hybridized carbons (Fsp3) is 0.381. The van der Waals surface area contributed by atoms with Crippen LogP contribution in [-0.2, 0) is 19.6 Å². The number of hydrogen-bond donors (Lipinski definition) is 5. The normalized spacial score (nSPS) is 14.1. The van der Waals surface area contributed by atoms with E-state index < -0.39 is 22.0 Å². The van der Waals surface area contributed by atoms with Gasteiger partial charge in [0.1, 0.15) is 6.04 Å². The average molecular weight is 497 g/mol. The molecule has 1 aromatic rings. The summed E-state index contributed by atoms with van der Waals surface area (Å²) in [4.78, 5) is 29.3. The van der Waals surface area contributed by atoms with Gasteiger partial charge in [0.2, 0.25) is 21.8 Å². The maximum Gasteiger partial charge on any atom is 0.248 e. The highest BCUT2D eigenvalue weighted by Gasteiger charge is 2.24. The van der Waals surface area contributed by atoms with Gasteiger partial charge in [0.15, 0.2) is 5.96 Å². The molecule has 1 atom stereocenters. The Balaban J connectivity index is 1.94. The molecular weight excluding hydrogens is 468 g/mol. The Bertz CT molecular complexity index is 1050. The van der Waals surface area contributed by atoms with E-state index in [4.69, 9.17) is 23.1 Å². The highest BCUT2D eigenvalue weighted by molar-refractivity contribution is 7.88. The van der Waals surface area contributed by atoms with Crippen LogP contribution in [0.5, 0.6) is 0 Å². The van der Waals surface area contributed by atoms with Crippen LogP contribution in [0, 0.1) is 0 Å². The Labute approximate surface area is 198 Å². The minimum Gasteiger partial charge on any atom is -0.370 e. The Morgan fingerprint density at radius 3 is 2.48 bits per heavy atom. The standard InChI is InChI=1S/C21H29ClN6O4S/c1-33(31,32)27-12-11-25-20(30)18(3-2-10-26-21(23)24)28-19(29)16-5-4-15(13-16)14-6-8-17(22)9-7-14/h4-9,18,27H,2-3,10-13H2,1H3,(H,25,30)(H,28,29)(H4,23,24,26). The van der Waals surface area contributed by atoms with Crippen LogP contribution >= 0.6 is 11.6 Å². The van der Waals surface area contributed by atoms with Gasteiger partial charge in [-0.25, -0.2) is 13.1 Å². The van der Waals surface area contributed by atoms with E-state index in [9.17, 15) is 18.0 Å². The van der Waals surface area contributed by atoms with Crippen LogP contribution in [0.4, 0.5) is 0 Å². The summed E-state index contributed by atoms with van der Waals surface area (Å²) in [6.07, 6.45) is 5.81. The number of benzene rings is 1. The number of carbonyl (C=O) groups is 2. The van der Waals surface area contributed by atoms with Crippen LogP contribution in [0.25, 0.3) is 5.57 Å². The summed E-state index contributed by atoms with van der Waals surface area (Å²) in [7, 11) is -3.36. The molecule has 2 rings (SSSR count). The van der Waals surface area contributed by atoms with Crippen molar-refractivity contribution in [3.05, 3.63) is 52.6 Å². The Kier molecular flexibility index (Phi) is 9.89. The molecule has 0 saturated heterocycles. The summed E-state index contributed by atoms with van der Waals surface area (Å²) >= 11 is 5.93. The first-order valence-electron chi connectivity index (χ1n) is 10.3. The second-order valence-corrected chi connectivity index (χ2v) is 9.77. The first-order chi connectivity index (χ1) is 15.5. The van der Waals surface area contributed by atoms with Crippen molar-refractivity contribution < 1.29 is 18.0 Å². The molecule has 0 fully saturated rings. The summed E-state index contributed by atoms with van der Waals surface area (Å²) in [6, 6.07) is 6.50. The zero-order valence-corrected chi connectivity index (χ0v) is 19.9. The number of nitrogens with zero attached hydrogens (tertiary/aromatic N) is 1. The SMILES string of the molecule is CS(=O)(=O)NCCNC(=O)C(CCCN=C(N)N)NC(=O)C1=CC=C(c2ccc(Cl)cc2)C1. The summed E-state index contributed by atoms with van der Waals surface area (Å²) < 4.78 is 24.6. The third-order valence-corrected chi connectivity index (χ3v) is 5.71. The van der Waals surface area contributed by atoms with Gasteiger partial charge in [0.25, 0.3) is 0 Å². The monoisotopic (exact) mass is 496 g/mol. The zero-order valence-electron chi connectivity index (χ0n) is 18.3. The van der Waals surface area contributed by atoms with Gasteiger partial charge in [-0.1, -0.05) is 35.9 Å². The molecule has 7 N–H and O–H groups in total. The van der Waals surface area contributed by atoms with Gasteiger partial charge >= 0.3 is 0 Å². The Morgan fingerprint density at radius 1 is 1.15 bits per heavy atom. The van der Waals surface area contributed by atoms with E-state index in [1.165, 1.54) is 0 Å². The number of sulfonamides is 1. The number of nitrogens with one attached hydrogen (secondary N) is 3. The number of allylic oxidation sites excluding steroid dienone is 3. The lowest BCUT2D eigenvalue weighted by molar-refractivity contribution is -0.127. The van der Waals surface area contributed by atoms with Gasteiger partial charge in [0.05, 0.1) is 6.26 Å². The molecule has 180 valence electrons. The largest absolute Gasteiger partial charge is 0.370 e. The van der Waals surface area contributed by atoms with Gasteiger partial charge in [0, 0.05) is 36.7 Å². The maximum absolute atomic E-state index is 12.8. The topological polar surface area (TPSA) is 169 Å². The molecule has 0 aliphatic heterocycles. The molecule has 0 spiro atoms. The van der Waals surface area contributed by atoms with Crippen molar-refractivity contribution in [1.29, 1.82) is 0 Å². The molecule has 1 aliphatic carbocycles. The van der Waals surface area contributed by atoms with Crippen LogP contribution < -0.4 is 26.8 Å². The first-order valence-corrected chi connectivity index (χ1v) is 12.6. The molecule has 0 aromatic heterocycles. The van der Waals surface area contributed by atoms with E-state index in [2.05, 4.69) is 20.3 Å². The van der Waals surface area contributed by atoms with Crippen molar-refractivity contribution in [3.8, 4) is 0 Å². The second-order valence-electron chi connectivity index (χ2n) is 7.50. The number of hydrogen-bond acceptors (Lipinski definition) is 5. The predicted molar refractivity (Wildman–Crippen MR) is 130 cm³/mol. The van der Waals surface area contributed by atoms with Gasteiger partial charge in [-0.2, -0.15) is 0 Å². The van der Waals surface area contributed by atoms with E-state index in [-0.39, 0.29) is 25.0 Å². The Morgan fingerprint density at radius 2 is 1.85 bits per heavy atom. The van der Waals surface area contributed by atoms with Gasteiger partial charge in [-0.3, -0.25) is 14.6 Å². The molecule has 33 heavy (non-hydrogen) atoms. The molecule has 2 amide bonds. The molecular formula is C21H29ClN6O4S. The summed E-state index contributed by atoms with van der Waals surface area (Å²) in [5.41, 5.74) is 13.1. The smallest absolute Gasteiger partial charge is 0.248 e. The number of amides is 2. The quantitative estimate of drug-likeness (QED) is 0.158. The lowest BCUT2D eigenvalue weighted by Gasteiger charge is -2.19. The number of nitrogens with two attached hydrogens (primary N) is 2. The molecule has 0 saturated carbocycles. The van der Waals surface area contributed by atoms with Crippen molar-refractivity contribution in [2.75, 3.05) is 25.9 Å². The number of rotatable bonds is 12. The fourth-order valence-corrected chi connectivity index (χ4v) is 3.71.